The first kappa shape index (κ1) is 15.3. The largest absolute Gasteiger partial charge is 0.329 e. The third-order valence-corrected chi connectivity index (χ3v) is 5.14. The Hall–Kier alpha value is 0.270. The van der Waals surface area contributed by atoms with Gasteiger partial charge in [0.25, 0.3) is 0 Å². The monoisotopic (exact) mass is 258 g/mol. The second-order valence-electron chi connectivity index (χ2n) is 5.45. The van der Waals surface area contributed by atoms with Crippen LogP contribution in [0.25, 0.3) is 0 Å². The summed E-state index contributed by atoms with van der Waals surface area (Å²) in [6.45, 7) is 5.43. The van der Waals surface area contributed by atoms with Gasteiger partial charge >= 0.3 is 0 Å². The first-order chi connectivity index (χ1) is 8.19. The SMILES string of the molecule is CCSCCC(CN)N(C)C1CCC(C)CC1. The maximum absolute atomic E-state index is 5.94. The van der Waals surface area contributed by atoms with Crippen LogP contribution in [0.3, 0.4) is 0 Å². The lowest BCUT2D eigenvalue weighted by molar-refractivity contribution is 0.124. The van der Waals surface area contributed by atoms with Gasteiger partial charge in [0, 0.05) is 18.6 Å². The van der Waals surface area contributed by atoms with Crippen LogP contribution in [0.2, 0.25) is 0 Å². The summed E-state index contributed by atoms with van der Waals surface area (Å²) in [4.78, 5) is 2.57. The van der Waals surface area contributed by atoms with Gasteiger partial charge in [0.15, 0.2) is 0 Å². The lowest BCUT2D eigenvalue weighted by Gasteiger charge is -2.38. The Kier molecular flexibility index (Phi) is 7.56. The van der Waals surface area contributed by atoms with Gasteiger partial charge < -0.3 is 5.73 Å². The number of hydrogen-bond acceptors (Lipinski definition) is 3. The molecule has 1 atom stereocenters. The van der Waals surface area contributed by atoms with E-state index in [0.29, 0.717) is 6.04 Å². The lowest BCUT2D eigenvalue weighted by Crippen LogP contribution is -2.45. The molecule has 1 aliphatic carbocycles. The Bertz CT molecular complexity index is 191. The molecule has 2 N–H and O–H groups in total. The number of hydrogen-bond donors (Lipinski definition) is 1. The molecular formula is C14H30N2S. The zero-order valence-corrected chi connectivity index (χ0v) is 12.6. The number of likely N-dealkylation sites (N-methyl/N-ethyl adjacent to an activating group) is 1. The van der Waals surface area contributed by atoms with E-state index in [1.807, 2.05) is 11.8 Å². The van der Waals surface area contributed by atoms with Crippen molar-refractivity contribution < 1.29 is 0 Å². The van der Waals surface area contributed by atoms with E-state index in [4.69, 9.17) is 5.73 Å². The minimum absolute atomic E-state index is 0.590. The topological polar surface area (TPSA) is 29.3 Å². The first-order valence-electron chi connectivity index (χ1n) is 7.18. The molecule has 1 unspecified atom stereocenters. The molecule has 0 radical (unpaired) electrons. The van der Waals surface area contributed by atoms with Gasteiger partial charge in [0.1, 0.15) is 0 Å². The smallest absolute Gasteiger partial charge is 0.0226 e. The molecular weight excluding hydrogens is 228 g/mol. The third kappa shape index (κ3) is 5.19. The quantitative estimate of drug-likeness (QED) is 0.712. The molecule has 1 fully saturated rings. The van der Waals surface area contributed by atoms with E-state index < -0.39 is 0 Å². The minimum atomic E-state index is 0.590. The molecule has 0 heterocycles. The summed E-state index contributed by atoms with van der Waals surface area (Å²) in [5, 5.41) is 0. The molecule has 0 aromatic rings. The molecule has 2 nitrogen and oxygen atoms in total. The van der Waals surface area contributed by atoms with Gasteiger partial charge in [-0.1, -0.05) is 13.8 Å². The van der Waals surface area contributed by atoms with Gasteiger partial charge in [-0.2, -0.15) is 11.8 Å². The van der Waals surface area contributed by atoms with E-state index >= 15 is 0 Å². The summed E-state index contributed by atoms with van der Waals surface area (Å²) in [7, 11) is 2.29. The zero-order chi connectivity index (χ0) is 12.7. The van der Waals surface area contributed by atoms with E-state index in [-0.39, 0.29) is 0 Å². The molecule has 3 heteroatoms. The minimum Gasteiger partial charge on any atom is -0.329 e. The Morgan fingerprint density at radius 1 is 1.29 bits per heavy atom. The highest BCUT2D eigenvalue weighted by molar-refractivity contribution is 7.99. The molecule has 0 bridgehead atoms. The van der Waals surface area contributed by atoms with Crippen LogP contribution in [-0.4, -0.2) is 42.1 Å². The van der Waals surface area contributed by atoms with Crippen LogP contribution in [-0.2, 0) is 0 Å². The van der Waals surface area contributed by atoms with Crippen molar-refractivity contribution in [3.63, 3.8) is 0 Å². The molecule has 0 aliphatic heterocycles. The second-order valence-corrected chi connectivity index (χ2v) is 6.85. The van der Waals surface area contributed by atoms with Gasteiger partial charge in [-0.25, -0.2) is 0 Å². The number of nitrogens with two attached hydrogens (primary N) is 1. The molecule has 0 amide bonds. The molecule has 17 heavy (non-hydrogen) atoms. The Labute approximate surface area is 112 Å². The fourth-order valence-electron chi connectivity index (χ4n) is 2.80. The standard InChI is InChI=1S/C14H30N2S/c1-4-17-10-9-14(11-15)16(3)13-7-5-12(2)6-8-13/h12-14H,4-11,15H2,1-3H3. The first-order valence-corrected chi connectivity index (χ1v) is 8.34. The van der Waals surface area contributed by atoms with E-state index in [1.165, 1.54) is 43.6 Å². The fraction of sp³-hybridized carbons (Fsp3) is 1.00. The second kappa shape index (κ2) is 8.39. The highest BCUT2D eigenvalue weighted by Gasteiger charge is 2.25. The van der Waals surface area contributed by atoms with Gasteiger partial charge in [-0.05, 0) is 56.6 Å². The predicted molar refractivity (Wildman–Crippen MR) is 79.6 cm³/mol. The number of nitrogens with zero attached hydrogens (tertiary/aromatic N) is 1. The zero-order valence-electron chi connectivity index (χ0n) is 11.8. The Balaban J connectivity index is 2.34. The fourth-order valence-corrected chi connectivity index (χ4v) is 3.53. The maximum Gasteiger partial charge on any atom is 0.0226 e. The van der Waals surface area contributed by atoms with Crippen molar-refractivity contribution in [2.75, 3.05) is 25.1 Å². The molecule has 1 aliphatic rings. The highest BCUT2D eigenvalue weighted by Crippen LogP contribution is 2.27. The van der Waals surface area contributed by atoms with Crippen LogP contribution in [0.15, 0.2) is 0 Å². The van der Waals surface area contributed by atoms with Crippen LogP contribution in [0.1, 0.15) is 46.0 Å². The molecule has 1 rings (SSSR count). The molecule has 0 aromatic carbocycles. The van der Waals surface area contributed by atoms with E-state index in [9.17, 15) is 0 Å². The third-order valence-electron chi connectivity index (χ3n) is 4.21. The molecule has 102 valence electrons. The van der Waals surface area contributed by atoms with Crippen LogP contribution < -0.4 is 5.73 Å². The van der Waals surface area contributed by atoms with Crippen molar-refractivity contribution in [3.8, 4) is 0 Å². The van der Waals surface area contributed by atoms with E-state index in [0.717, 1.165) is 18.5 Å². The summed E-state index contributed by atoms with van der Waals surface area (Å²) >= 11 is 2.03. The van der Waals surface area contributed by atoms with Crippen LogP contribution in [0.5, 0.6) is 0 Å². The lowest BCUT2D eigenvalue weighted by atomic mass is 9.86. The van der Waals surface area contributed by atoms with Crippen LogP contribution in [0, 0.1) is 5.92 Å². The average molecular weight is 258 g/mol. The van der Waals surface area contributed by atoms with Crippen molar-refractivity contribution in [1.29, 1.82) is 0 Å². The molecule has 1 saturated carbocycles. The Morgan fingerprint density at radius 2 is 1.94 bits per heavy atom. The average Bonchev–Trinajstić information content (AvgIpc) is 2.35. The number of thioether (sulfide) groups is 1. The van der Waals surface area contributed by atoms with Gasteiger partial charge in [-0.15, -0.1) is 0 Å². The normalized spacial score (nSPS) is 27.4. The van der Waals surface area contributed by atoms with E-state index in [1.54, 1.807) is 0 Å². The van der Waals surface area contributed by atoms with Crippen molar-refractivity contribution in [2.45, 2.75) is 58.0 Å². The summed E-state index contributed by atoms with van der Waals surface area (Å²) in [6.07, 6.45) is 6.79. The van der Waals surface area contributed by atoms with Crippen molar-refractivity contribution in [1.82, 2.24) is 4.90 Å². The summed E-state index contributed by atoms with van der Waals surface area (Å²) < 4.78 is 0. The molecule has 0 aromatic heterocycles. The maximum atomic E-state index is 5.94. The van der Waals surface area contributed by atoms with Gasteiger partial charge in [-0.3, -0.25) is 4.90 Å². The van der Waals surface area contributed by atoms with Crippen molar-refractivity contribution in [3.05, 3.63) is 0 Å². The molecule has 0 spiro atoms. The van der Waals surface area contributed by atoms with E-state index in [2.05, 4.69) is 25.8 Å². The predicted octanol–water partition coefficient (Wildman–Crippen LogP) is 2.97. The van der Waals surface area contributed by atoms with Crippen LogP contribution >= 0.6 is 11.8 Å². The van der Waals surface area contributed by atoms with Crippen molar-refractivity contribution in [2.24, 2.45) is 11.7 Å². The van der Waals surface area contributed by atoms with Crippen LogP contribution in [0.4, 0.5) is 0 Å². The summed E-state index contributed by atoms with van der Waals surface area (Å²) in [5.41, 5.74) is 5.94. The number of rotatable bonds is 7. The van der Waals surface area contributed by atoms with Gasteiger partial charge in [0.05, 0.1) is 0 Å². The van der Waals surface area contributed by atoms with Crippen molar-refractivity contribution >= 4 is 11.8 Å². The summed E-state index contributed by atoms with van der Waals surface area (Å²) in [6, 6.07) is 1.37. The summed E-state index contributed by atoms with van der Waals surface area (Å²) in [5.74, 6) is 3.42. The van der Waals surface area contributed by atoms with Gasteiger partial charge in [0.2, 0.25) is 0 Å². The Morgan fingerprint density at radius 3 is 2.47 bits per heavy atom. The highest BCUT2D eigenvalue weighted by atomic mass is 32.2. The molecule has 0 saturated heterocycles.